The minimum absolute atomic E-state index is 0.00843. The van der Waals surface area contributed by atoms with Crippen LogP contribution in [0.15, 0.2) is 18.2 Å². The molecular weight excluding hydrogens is 281 g/mol. The lowest BCUT2D eigenvalue weighted by Crippen LogP contribution is -2.38. The predicted molar refractivity (Wildman–Crippen MR) is 79.7 cm³/mol. The molecule has 4 heteroatoms. The number of hydrogen-bond acceptors (Lipinski definition) is 1. The minimum atomic E-state index is 0.00843. The largest absolute Gasteiger partial charge is 0.353 e. The number of hydrogen-bond donors (Lipinski definition) is 1. The van der Waals surface area contributed by atoms with Crippen molar-refractivity contribution in [3.8, 4) is 0 Å². The summed E-state index contributed by atoms with van der Waals surface area (Å²) in [6.45, 7) is 2.24. The van der Waals surface area contributed by atoms with Gasteiger partial charge < -0.3 is 5.32 Å². The third-order valence-corrected chi connectivity index (χ3v) is 4.41. The fourth-order valence-electron chi connectivity index (χ4n) is 2.71. The van der Waals surface area contributed by atoms with Crippen LogP contribution in [-0.4, -0.2) is 11.9 Å². The van der Waals surface area contributed by atoms with Crippen molar-refractivity contribution in [2.75, 3.05) is 0 Å². The lowest BCUT2D eigenvalue weighted by atomic mass is 9.87. The first-order chi connectivity index (χ1) is 9.06. The number of nitrogens with one attached hydrogen (secondary N) is 1. The standard InChI is InChI=1S/C15H19Cl2NO/c1-10-4-2-5-11(8-10)18-15(19)9-12-13(16)6-3-7-14(12)17/h3,6-7,10-11H,2,4-5,8-9H2,1H3,(H,18,19). The number of amides is 1. The molecule has 1 fully saturated rings. The molecule has 1 saturated carbocycles. The number of carbonyl (C=O) groups is 1. The SMILES string of the molecule is CC1CCCC(NC(=O)Cc2c(Cl)cccc2Cl)C1. The van der Waals surface area contributed by atoms with E-state index >= 15 is 0 Å². The van der Waals surface area contributed by atoms with Gasteiger partial charge in [0.15, 0.2) is 0 Å². The zero-order valence-corrected chi connectivity index (χ0v) is 12.6. The Bertz CT molecular complexity index is 441. The summed E-state index contributed by atoms with van der Waals surface area (Å²) in [5.41, 5.74) is 0.715. The topological polar surface area (TPSA) is 29.1 Å². The van der Waals surface area contributed by atoms with Crippen molar-refractivity contribution in [2.24, 2.45) is 5.92 Å². The fraction of sp³-hybridized carbons (Fsp3) is 0.533. The molecule has 1 N–H and O–H groups in total. The highest BCUT2D eigenvalue weighted by Crippen LogP contribution is 2.26. The van der Waals surface area contributed by atoms with Gasteiger partial charge in [-0.25, -0.2) is 0 Å². The van der Waals surface area contributed by atoms with Gasteiger partial charge in [-0.15, -0.1) is 0 Å². The summed E-state index contributed by atoms with van der Waals surface area (Å²) in [6, 6.07) is 5.62. The molecule has 0 radical (unpaired) electrons. The van der Waals surface area contributed by atoms with Gasteiger partial charge in [-0.05, 0) is 36.5 Å². The summed E-state index contributed by atoms with van der Waals surface area (Å²) in [7, 11) is 0. The molecule has 2 nitrogen and oxygen atoms in total. The molecule has 19 heavy (non-hydrogen) atoms. The second kappa shape index (κ2) is 6.62. The van der Waals surface area contributed by atoms with Gasteiger partial charge in [-0.3, -0.25) is 4.79 Å². The van der Waals surface area contributed by atoms with E-state index < -0.39 is 0 Å². The van der Waals surface area contributed by atoms with Crippen LogP contribution in [0.25, 0.3) is 0 Å². The van der Waals surface area contributed by atoms with E-state index in [1.165, 1.54) is 12.8 Å². The Morgan fingerprint density at radius 1 is 1.32 bits per heavy atom. The van der Waals surface area contributed by atoms with Crippen LogP contribution >= 0.6 is 23.2 Å². The molecule has 0 saturated heterocycles. The number of benzene rings is 1. The van der Waals surface area contributed by atoms with Crippen molar-refractivity contribution in [1.29, 1.82) is 0 Å². The van der Waals surface area contributed by atoms with E-state index in [4.69, 9.17) is 23.2 Å². The van der Waals surface area contributed by atoms with E-state index in [9.17, 15) is 4.79 Å². The monoisotopic (exact) mass is 299 g/mol. The highest BCUT2D eigenvalue weighted by Gasteiger charge is 2.21. The average Bonchev–Trinajstić information content (AvgIpc) is 2.34. The lowest BCUT2D eigenvalue weighted by molar-refractivity contribution is -0.121. The van der Waals surface area contributed by atoms with Gasteiger partial charge in [0, 0.05) is 16.1 Å². The summed E-state index contributed by atoms with van der Waals surface area (Å²) in [4.78, 5) is 12.1. The Morgan fingerprint density at radius 2 is 2.00 bits per heavy atom. The van der Waals surface area contributed by atoms with E-state index in [0.717, 1.165) is 12.8 Å². The molecule has 2 unspecified atom stereocenters. The third kappa shape index (κ3) is 4.12. The molecule has 1 aromatic carbocycles. The number of halogens is 2. The molecule has 2 rings (SSSR count). The quantitative estimate of drug-likeness (QED) is 0.889. The van der Waals surface area contributed by atoms with Crippen molar-refractivity contribution in [3.63, 3.8) is 0 Å². The molecule has 1 aliphatic carbocycles. The summed E-state index contributed by atoms with van der Waals surface area (Å²) >= 11 is 12.2. The third-order valence-electron chi connectivity index (χ3n) is 3.70. The first-order valence-electron chi connectivity index (χ1n) is 6.78. The second-order valence-electron chi connectivity index (χ2n) is 5.41. The van der Waals surface area contributed by atoms with Crippen LogP contribution in [0.2, 0.25) is 10.0 Å². The van der Waals surface area contributed by atoms with Crippen LogP contribution < -0.4 is 5.32 Å². The Kier molecular flexibility index (Phi) is 5.12. The summed E-state index contributed by atoms with van der Waals surface area (Å²) < 4.78 is 0. The normalized spacial score (nSPS) is 23.1. The van der Waals surface area contributed by atoms with E-state index in [1.807, 2.05) is 0 Å². The fourth-order valence-corrected chi connectivity index (χ4v) is 3.24. The van der Waals surface area contributed by atoms with Crippen LogP contribution in [-0.2, 0) is 11.2 Å². The van der Waals surface area contributed by atoms with Gasteiger partial charge >= 0.3 is 0 Å². The second-order valence-corrected chi connectivity index (χ2v) is 6.23. The Labute approximate surface area is 124 Å². The van der Waals surface area contributed by atoms with Crippen molar-refractivity contribution in [3.05, 3.63) is 33.8 Å². The summed E-state index contributed by atoms with van der Waals surface area (Å²) in [6.07, 6.45) is 4.86. The lowest BCUT2D eigenvalue weighted by Gasteiger charge is -2.27. The molecule has 2 atom stereocenters. The van der Waals surface area contributed by atoms with Crippen LogP contribution in [0.5, 0.6) is 0 Å². The number of rotatable bonds is 3. The van der Waals surface area contributed by atoms with Crippen LogP contribution in [0.3, 0.4) is 0 Å². The van der Waals surface area contributed by atoms with Crippen LogP contribution in [0.4, 0.5) is 0 Å². The maximum Gasteiger partial charge on any atom is 0.224 e. The first kappa shape index (κ1) is 14.7. The Balaban J connectivity index is 1.94. The van der Waals surface area contributed by atoms with Gasteiger partial charge in [-0.2, -0.15) is 0 Å². The number of carbonyl (C=O) groups excluding carboxylic acids is 1. The molecular formula is C15H19Cl2NO. The summed E-state index contributed by atoms with van der Waals surface area (Å²) in [5, 5.41) is 4.21. The first-order valence-corrected chi connectivity index (χ1v) is 7.54. The van der Waals surface area contributed by atoms with Crippen molar-refractivity contribution in [2.45, 2.75) is 45.1 Å². The molecule has 1 aliphatic rings. The molecule has 0 aromatic heterocycles. The highest BCUT2D eigenvalue weighted by molar-refractivity contribution is 6.36. The van der Waals surface area contributed by atoms with Gasteiger partial charge in [0.25, 0.3) is 0 Å². The van der Waals surface area contributed by atoms with Crippen molar-refractivity contribution < 1.29 is 4.79 Å². The highest BCUT2D eigenvalue weighted by atomic mass is 35.5. The van der Waals surface area contributed by atoms with Crippen molar-refractivity contribution >= 4 is 29.1 Å². The van der Waals surface area contributed by atoms with Gasteiger partial charge in [0.05, 0.1) is 6.42 Å². The minimum Gasteiger partial charge on any atom is -0.353 e. The maximum atomic E-state index is 12.1. The Hall–Kier alpha value is -0.730. The van der Waals surface area contributed by atoms with Crippen molar-refractivity contribution in [1.82, 2.24) is 5.32 Å². The van der Waals surface area contributed by atoms with E-state index in [-0.39, 0.29) is 12.3 Å². The maximum absolute atomic E-state index is 12.1. The van der Waals surface area contributed by atoms with Gasteiger partial charge in [-0.1, -0.05) is 49.0 Å². The molecule has 1 aromatic rings. The molecule has 0 heterocycles. The summed E-state index contributed by atoms with van der Waals surface area (Å²) in [5.74, 6) is 0.706. The molecule has 0 bridgehead atoms. The van der Waals surface area contributed by atoms with Crippen LogP contribution in [0.1, 0.15) is 38.2 Å². The van der Waals surface area contributed by atoms with E-state index in [1.54, 1.807) is 18.2 Å². The predicted octanol–water partition coefficient (Wildman–Crippen LogP) is 4.23. The van der Waals surface area contributed by atoms with Crippen LogP contribution in [0, 0.1) is 5.92 Å². The molecule has 0 aliphatic heterocycles. The zero-order chi connectivity index (χ0) is 13.8. The van der Waals surface area contributed by atoms with E-state index in [0.29, 0.717) is 27.6 Å². The molecule has 104 valence electrons. The Morgan fingerprint density at radius 3 is 2.63 bits per heavy atom. The average molecular weight is 300 g/mol. The smallest absolute Gasteiger partial charge is 0.224 e. The van der Waals surface area contributed by atoms with Gasteiger partial charge in [0.1, 0.15) is 0 Å². The van der Waals surface area contributed by atoms with E-state index in [2.05, 4.69) is 12.2 Å². The molecule has 0 spiro atoms. The zero-order valence-electron chi connectivity index (χ0n) is 11.1. The molecule has 1 amide bonds. The van der Waals surface area contributed by atoms with Gasteiger partial charge in [0.2, 0.25) is 5.91 Å².